The standard InChI is InChI=1S/C17H27N3O2S.C2HF3O2/c1-19(2)16(21)18-11-14-5-3-7-17(22-14)8-9-20(13-17)12-15-6-4-10-23-15;3-2(4,5)1(6)7/h4,6,10,14H,3,5,7-9,11-13H2,1-2H3,(H,18,21);(H,6,7)/t14-,17+;/m0./s1. The second-order valence-electron chi connectivity index (χ2n) is 7.74. The summed E-state index contributed by atoms with van der Waals surface area (Å²) in [5.74, 6) is -2.76. The normalized spacial score (nSPS) is 24.2. The molecule has 1 aromatic heterocycles. The molecular weight excluding hydrogens is 423 g/mol. The molecule has 2 aliphatic rings. The fraction of sp³-hybridized carbons (Fsp3) is 0.684. The number of nitrogens with one attached hydrogen (secondary N) is 1. The van der Waals surface area contributed by atoms with Crippen LogP contribution in [0.1, 0.15) is 30.6 Å². The number of nitrogens with zero attached hydrogens (tertiary/aromatic N) is 2. The van der Waals surface area contributed by atoms with Gasteiger partial charge >= 0.3 is 18.2 Å². The Labute approximate surface area is 177 Å². The van der Waals surface area contributed by atoms with Crippen LogP contribution >= 0.6 is 11.3 Å². The largest absolute Gasteiger partial charge is 0.490 e. The van der Waals surface area contributed by atoms with Crippen LogP contribution < -0.4 is 5.32 Å². The van der Waals surface area contributed by atoms with Crippen molar-refractivity contribution in [1.82, 2.24) is 15.1 Å². The van der Waals surface area contributed by atoms with Crippen LogP contribution in [0.4, 0.5) is 18.0 Å². The maximum atomic E-state index is 11.7. The van der Waals surface area contributed by atoms with E-state index < -0.39 is 12.1 Å². The van der Waals surface area contributed by atoms with Gasteiger partial charge in [0.1, 0.15) is 0 Å². The first-order valence-corrected chi connectivity index (χ1v) is 10.6. The molecule has 3 rings (SSSR count). The maximum absolute atomic E-state index is 11.7. The number of carboxylic acid groups (broad SMARTS) is 1. The van der Waals surface area contributed by atoms with Crippen LogP contribution in [-0.4, -0.2) is 78.5 Å². The van der Waals surface area contributed by atoms with Crippen molar-refractivity contribution in [2.24, 2.45) is 0 Å². The van der Waals surface area contributed by atoms with Gasteiger partial charge in [-0.25, -0.2) is 9.59 Å². The number of ether oxygens (including phenoxy) is 1. The summed E-state index contributed by atoms with van der Waals surface area (Å²) < 4.78 is 38.2. The highest BCUT2D eigenvalue weighted by atomic mass is 32.1. The van der Waals surface area contributed by atoms with Gasteiger partial charge < -0.3 is 20.1 Å². The van der Waals surface area contributed by atoms with Crippen molar-refractivity contribution in [3.8, 4) is 0 Å². The van der Waals surface area contributed by atoms with E-state index in [1.807, 2.05) is 11.3 Å². The molecule has 0 radical (unpaired) electrons. The van der Waals surface area contributed by atoms with E-state index in [2.05, 4.69) is 27.7 Å². The first-order valence-electron chi connectivity index (χ1n) is 9.68. The Hall–Kier alpha value is -1.85. The smallest absolute Gasteiger partial charge is 0.475 e. The monoisotopic (exact) mass is 451 g/mol. The van der Waals surface area contributed by atoms with Crippen LogP contribution in [0.25, 0.3) is 0 Å². The zero-order valence-corrected chi connectivity index (χ0v) is 17.9. The molecule has 0 bridgehead atoms. The van der Waals surface area contributed by atoms with Crippen LogP contribution in [0.15, 0.2) is 17.5 Å². The van der Waals surface area contributed by atoms with Crippen LogP contribution in [0, 0.1) is 0 Å². The minimum atomic E-state index is -5.08. The molecule has 30 heavy (non-hydrogen) atoms. The molecule has 2 amide bonds. The fourth-order valence-corrected chi connectivity index (χ4v) is 4.36. The quantitative estimate of drug-likeness (QED) is 0.735. The molecule has 3 heterocycles. The van der Waals surface area contributed by atoms with Gasteiger partial charge in [-0.05, 0) is 37.1 Å². The second-order valence-corrected chi connectivity index (χ2v) is 8.77. The third-order valence-corrected chi connectivity index (χ3v) is 5.92. The number of amides is 2. The van der Waals surface area contributed by atoms with Crippen molar-refractivity contribution in [3.63, 3.8) is 0 Å². The third-order valence-electron chi connectivity index (χ3n) is 5.06. The van der Waals surface area contributed by atoms with E-state index in [1.54, 1.807) is 19.0 Å². The lowest BCUT2D eigenvalue weighted by Gasteiger charge is -2.39. The molecule has 1 aromatic rings. The molecule has 1 spiro atoms. The van der Waals surface area contributed by atoms with Crippen LogP contribution in [0.3, 0.4) is 0 Å². The molecule has 11 heteroatoms. The van der Waals surface area contributed by atoms with Gasteiger partial charge in [-0.3, -0.25) is 4.90 Å². The number of urea groups is 1. The number of rotatable bonds is 4. The molecule has 2 aliphatic heterocycles. The minimum Gasteiger partial charge on any atom is -0.475 e. The molecule has 0 aliphatic carbocycles. The highest BCUT2D eigenvalue weighted by Gasteiger charge is 2.43. The van der Waals surface area contributed by atoms with E-state index in [-0.39, 0.29) is 17.7 Å². The van der Waals surface area contributed by atoms with Gasteiger partial charge in [-0.15, -0.1) is 11.3 Å². The number of hydrogen-bond acceptors (Lipinski definition) is 5. The van der Waals surface area contributed by atoms with E-state index in [0.717, 1.165) is 38.9 Å². The Morgan fingerprint density at radius 1 is 1.40 bits per heavy atom. The van der Waals surface area contributed by atoms with Crippen molar-refractivity contribution < 1.29 is 32.6 Å². The molecule has 2 saturated heterocycles. The van der Waals surface area contributed by atoms with Gasteiger partial charge in [-0.2, -0.15) is 13.2 Å². The van der Waals surface area contributed by atoms with Crippen LogP contribution in [0.5, 0.6) is 0 Å². The minimum absolute atomic E-state index is 0.00300. The number of carboxylic acids is 1. The number of aliphatic carboxylic acids is 1. The molecule has 0 unspecified atom stereocenters. The van der Waals surface area contributed by atoms with Gasteiger partial charge in [0.25, 0.3) is 0 Å². The highest BCUT2D eigenvalue weighted by Crippen LogP contribution is 2.37. The van der Waals surface area contributed by atoms with Gasteiger partial charge in [0.15, 0.2) is 0 Å². The second kappa shape index (κ2) is 10.5. The van der Waals surface area contributed by atoms with Crippen molar-refractivity contribution >= 4 is 23.3 Å². The van der Waals surface area contributed by atoms with Gasteiger partial charge in [-0.1, -0.05) is 6.07 Å². The number of halogens is 3. The molecular formula is C19H28F3N3O4S. The summed E-state index contributed by atoms with van der Waals surface area (Å²) in [6.07, 6.45) is -0.451. The molecule has 0 saturated carbocycles. The van der Waals surface area contributed by atoms with E-state index >= 15 is 0 Å². The van der Waals surface area contributed by atoms with Crippen molar-refractivity contribution in [2.45, 2.75) is 50.1 Å². The number of likely N-dealkylation sites (tertiary alicyclic amines) is 1. The Morgan fingerprint density at radius 2 is 2.10 bits per heavy atom. The lowest BCUT2D eigenvalue weighted by atomic mass is 9.90. The maximum Gasteiger partial charge on any atom is 0.490 e. The number of hydrogen-bond donors (Lipinski definition) is 2. The zero-order valence-electron chi connectivity index (χ0n) is 17.1. The molecule has 2 fully saturated rings. The fourth-order valence-electron chi connectivity index (χ4n) is 3.61. The first-order chi connectivity index (χ1) is 14.0. The lowest BCUT2D eigenvalue weighted by molar-refractivity contribution is -0.192. The summed E-state index contributed by atoms with van der Waals surface area (Å²) in [4.78, 5) is 26.1. The average molecular weight is 452 g/mol. The Balaban J connectivity index is 0.000000396. The van der Waals surface area contributed by atoms with Gasteiger partial charge in [0, 0.05) is 45.2 Å². The predicted molar refractivity (Wildman–Crippen MR) is 106 cm³/mol. The van der Waals surface area contributed by atoms with Gasteiger partial charge in [0.2, 0.25) is 0 Å². The topological polar surface area (TPSA) is 82.1 Å². The Morgan fingerprint density at radius 3 is 2.67 bits per heavy atom. The number of alkyl halides is 3. The summed E-state index contributed by atoms with van der Waals surface area (Å²) >= 11 is 1.82. The van der Waals surface area contributed by atoms with E-state index in [4.69, 9.17) is 14.6 Å². The first kappa shape index (κ1) is 24.4. The molecule has 2 N–H and O–H groups in total. The molecule has 0 aromatic carbocycles. The summed E-state index contributed by atoms with van der Waals surface area (Å²) in [5.41, 5.74) is 0.00300. The summed E-state index contributed by atoms with van der Waals surface area (Å²) in [7, 11) is 3.52. The van der Waals surface area contributed by atoms with E-state index in [1.165, 1.54) is 11.3 Å². The number of carbonyl (C=O) groups excluding carboxylic acids is 1. The number of carbonyl (C=O) groups is 2. The van der Waals surface area contributed by atoms with E-state index in [9.17, 15) is 18.0 Å². The van der Waals surface area contributed by atoms with Crippen molar-refractivity contribution in [3.05, 3.63) is 22.4 Å². The molecule has 7 nitrogen and oxygen atoms in total. The van der Waals surface area contributed by atoms with Gasteiger partial charge in [0.05, 0.1) is 11.7 Å². The number of thiophene rings is 1. The Bertz CT molecular complexity index is 700. The summed E-state index contributed by atoms with van der Waals surface area (Å²) in [5, 5.41) is 12.2. The summed E-state index contributed by atoms with van der Waals surface area (Å²) in [6.45, 7) is 3.77. The average Bonchev–Trinajstić information content (AvgIpc) is 3.30. The SMILES string of the molecule is CN(C)C(=O)NC[C@@H]1CCC[C@]2(CCN(Cc3cccs3)C2)O1.O=C(O)C(F)(F)F. The van der Waals surface area contributed by atoms with Crippen LogP contribution in [-0.2, 0) is 16.1 Å². The molecule has 2 atom stereocenters. The molecule has 170 valence electrons. The summed E-state index contributed by atoms with van der Waals surface area (Å²) in [6, 6.07) is 4.28. The van der Waals surface area contributed by atoms with E-state index in [0.29, 0.717) is 6.54 Å². The highest BCUT2D eigenvalue weighted by molar-refractivity contribution is 7.09. The van der Waals surface area contributed by atoms with Crippen molar-refractivity contribution in [1.29, 1.82) is 0 Å². The Kier molecular flexibility index (Phi) is 8.51. The predicted octanol–water partition coefficient (Wildman–Crippen LogP) is 3.17. The zero-order chi connectivity index (χ0) is 22.4. The third kappa shape index (κ3) is 7.44. The van der Waals surface area contributed by atoms with Crippen LogP contribution in [0.2, 0.25) is 0 Å². The van der Waals surface area contributed by atoms with Crippen molar-refractivity contribution in [2.75, 3.05) is 33.7 Å². The lowest BCUT2D eigenvalue weighted by Crippen LogP contribution is -2.48.